The summed E-state index contributed by atoms with van der Waals surface area (Å²) in [5.74, 6) is 1.17. The number of nitrogens with zero attached hydrogens (tertiary/aromatic N) is 2. The smallest absolute Gasteiger partial charge is 0.262 e. The SMILES string of the molecule is COc1ccc(OCC(=O)Nc2sc3c(c2-c2nc4ccccc4s2)CCN(Cc2ccccc2)C3)cc1. The minimum Gasteiger partial charge on any atom is -0.497 e. The number of carbonyl (C=O) groups excluding carboxylic acids is 1. The first kappa shape index (κ1) is 24.6. The summed E-state index contributed by atoms with van der Waals surface area (Å²) in [6.07, 6.45) is 0.919. The Labute approximate surface area is 229 Å². The number of anilines is 1. The molecule has 0 aliphatic carbocycles. The summed E-state index contributed by atoms with van der Waals surface area (Å²) in [4.78, 5) is 21.7. The van der Waals surface area contributed by atoms with Gasteiger partial charge in [-0.2, -0.15) is 0 Å². The molecule has 5 aromatic rings. The van der Waals surface area contributed by atoms with Gasteiger partial charge in [-0.15, -0.1) is 22.7 Å². The number of carbonyl (C=O) groups is 1. The maximum Gasteiger partial charge on any atom is 0.262 e. The van der Waals surface area contributed by atoms with Crippen LogP contribution in [0.1, 0.15) is 16.0 Å². The molecule has 0 bridgehead atoms. The number of ether oxygens (including phenoxy) is 2. The van der Waals surface area contributed by atoms with Gasteiger partial charge >= 0.3 is 0 Å². The maximum absolute atomic E-state index is 13.0. The fourth-order valence-corrected chi connectivity index (χ4v) is 7.13. The van der Waals surface area contributed by atoms with Crippen LogP contribution in [0, 0.1) is 0 Å². The minimum absolute atomic E-state index is 0.0751. The van der Waals surface area contributed by atoms with Crippen LogP contribution in [-0.2, 0) is 24.3 Å². The van der Waals surface area contributed by atoms with Crippen molar-refractivity contribution in [3.05, 3.63) is 94.9 Å². The number of benzene rings is 3. The Balaban J connectivity index is 1.26. The van der Waals surface area contributed by atoms with Crippen molar-refractivity contribution in [3.63, 3.8) is 0 Å². The Kier molecular flexibility index (Phi) is 7.09. The van der Waals surface area contributed by atoms with Gasteiger partial charge in [-0.25, -0.2) is 4.98 Å². The number of aromatic nitrogens is 1. The summed E-state index contributed by atoms with van der Waals surface area (Å²) in [5.41, 5.74) is 4.64. The highest BCUT2D eigenvalue weighted by atomic mass is 32.1. The Hall–Kier alpha value is -3.72. The second-order valence-corrected chi connectivity index (χ2v) is 11.3. The van der Waals surface area contributed by atoms with Crippen molar-refractivity contribution in [1.29, 1.82) is 0 Å². The molecule has 0 unspecified atom stereocenters. The number of para-hydroxylation sites is 1. The van der Waals surface area contributed by atoms with E-state index >= 15 is 0 Å². The molecule has 3 aromatic carbocycles. The van der Waals surface area contributed by atoms with Crippen molar-refractivity contribution in [1.82, 2.24) is 9.88 Å². The molecule has 1 amide bonds. The summed E-state index contributed by atoms with van der Waals surface area (Å²) in [6, 6.07) is 26.0. The number of fused-ring (bicyclic) bond motifs is 2. The van der Waals surface area contributed by atoms with Gasteiger partial charge < -0.3 is 14.8 Å². The van der Waals surface area contributed by atoms with E-state index in [0.29, 0.717) is 5.75 Å². The maximum atomic E-state index is 13.0. The number of nitrogens with one attached hydrogen (secondary N) is 1. The van der Waals surface area contributed by atoms with Crippen molar-refractivity contribution >= 4 is 43.8 Å². The highest BCUT2D eigenvalue weighted by molar-refractivity contribution is 7.22. The molecule has 6 nitrogen and oxygen atoms in total. The van der Waals surface area contributed by atoms with Crippen LogP contribution < -0.4 is 14.8 Å². The number of amides is 1. The Morgan fingerprint density at radius 3 is 2.53 bits per heavy atom. The molecule has 38 heavy (non-hydrogen) atoms. The number of thiazole rings is 1. The van der Waals surface area contributed by atoms with E-state index in [-0.39, 0.29) is 12.5 Å². The molecule has 0 saturated heterocycles. The minimum atomic E-state index is -0.192. The molecule has 8 heteroatoms. The quantitative estimate of drug-likeness (QED) is 0.240. The normalized spacial score (nSPS) is 13.3. The van der Waals surface area contributed by atoms with E-state index in [1.807, 2.05) is 30.3 Å². The molecule has 192 valence electrons. The topological polar surface area (TPSA) is 63.7 Å². The molecule has 0 spiro atoms. The van der Waals surface area contributed by atoms with Crippen molar-refractivity contribution in [3.8, 4) is 22.1 Å². The van der Waals surface area contributed by atoms with Gasteiger partial charge in [0.1, 0.15) is 21.5 Å². The zero-order valence-electron chi connectivity index (χ0n) is 21.0. The Morgan fingerprint density at radius 2 is 1.74 bits per heavy atom. The number of rotatable bonds is 8. The van der Waals surface area contributed by atoms with Gasteiger partial charge in [0.15, 0.2) is 6.61 Å². The lowest BCUT2D eigenvalue weighted by molar-refractivity contribution is -0.118. The Bertz CT molecular complexity index is 1530. The molecule has 0 atom stereocenters. The van der Waals surface area contributed by atoms with Crippen LogP contribution in [0.4, 0.5) is 5.00 Å². The number of methoxy groups -OCH3 is 1. The second-order valence-electron chi connectivity index (χ2n) is 9.15. The van der Waals surface area contributed by atoms with Crippen molar-refractivity contribution in [2.24, 2.45) is 0 Å². The average molecular weight is 542 g/mol. The van der Waals surface area contributed by atoms with Gasteiger partial charge in [0, 0.05) is 30.1 Å². The zero-order chi connectivity index (χ0) is 25.9. The van der Waals surface area contributed by atoms with E-state index in [4.69, 9.17) is 14.5 Å². The van der Waals surface area contributed by atoms with Crippen LogP contribution in [0.3, 0.4) is 0 Å². The van der Waals surface area contributed by atoms with E-state index in [1.54, 1.807) is 41.9 Å². The van der Waals surface area contributed by atoms with E-state index in [9.17, 15) is 4.79 Å². The van der Waals surface area contributed by atoms with Crippen LogP contribution in [0.15, 0.2) is 78.9 Å². The average Bonchev–Trinajstić information content (AvgIpc) is 3.53. The van der Waals surface area contributed by atoms with E-state index in [0.717, 1.165) is 57.6 Å². The monoisotopic (exact) mass is 541 g/mol. The van der Waals surface area contributed by atoms with Crippen molar-refractivity contribution in [2.45, 2.75) is 19.5 Å². The summed E-state index contributed by atoms with van der Waals surface area (Å²) >= 11 is 3.33. The van der Waals surface area contributed by atoms with Crippen LogP contribution in [0.2, 0.25) is 0 Å². The standard InChI is InChI=1S/C30H27N3O3S2/c1-35-21-11-13-22(14-12-21)36-19-27(34)32-30-28(29-31-24-9-5-6-10-25(24)37-29)23-15-16-33(18-26(23)38-30)17-20-7-3-2-4-8-20/h2-14H,15-19H2,1H3,(H,32,34). The Morgan fingerprint density at radius 1 is 0.974 bits per heavy atom. The summed E-state index contributed by atoms with van der Waals surface area (Å²) in [6.45, 7) is 2.65. The molecular formula is C30H27N3O3S2. The lowest BCUT2D eigenvalue weighted by atomic mass is 10.0. The van der Waals surface area contributed by atoms with Gasteiger partial charge in [-0.1, -0.05) is 42.5 Å². The molecule has 2 aromatic heterocycles. The van der Waals surface area contributed by atoms with E-state index in [1.165, 1.54) is 16.0 Å². The van der Waals surface area contributed by atoms with Gasteiger partial charge in [-0.05, 0) is 53.9 Å². The van der Waals surface area contributed by atoms with Crippen LogP contribution in [-0.4, -0.2) is 36.1 Å². The molecule has 3 heterocycles. The first-order valence-corrected chi connectivity index (χ1v) is 14.1. The molecule has 1 aliphatic heterocycles. The van der Waals surface area contributed by atoms with Gasteiger partial charge in [-0.3, -0.25) is 9.69 Å². The molecule has 1 N–H and O–H groups in total. The van der Waals surface area contributed by atoms with Gasteiger partial charge in [0.25, 0.3) is 5.91 Å². The predicted octanol–water partition coefficient (Wildman–Crippen LogP) is 6.61. The molecule has 0 saturated carbocycles. The zero-order valence-corrected chi connectivity index (χ0v) is 22.6. The van der Waals surface area contributed by atoms with E-state index in [2.05, 4.69) is 46.6 Å². The van der Waals surface area contributed by atoms with Crippen molar-refractivity contribution in [2.75, 3.05) is 25.6 Å². The largest absolute Gasteiger partial charge is 0.497 e. The van der Waals surface area contributed by atoms with Crippen molar-refractivity contribution < 1.29 is 14.3 Å². The molecular weight excluding hydrogens is 514 g/mol. The third-order valence-electron chi connectivity index (χ3n) is 6.58. The third-order valence-corrected chi connectivity index (χ3v) is 8.76. The molecule has 6 rings (SSSR count). The fourth-order valence-electron chi connectivity index (χ4n) is 4.71. The lowest BCUT2D eigenvalue weighted by Crippen LogP contribution is -2.29. The van der Waals surface area contributed by atoms with Crippen LogP contribution in [0.5, 0.6) is 11.5 Å². The first-order chi connectivity index (χ1) is 18.7. The third kappa shape index (κ3) is 5.29. The lowest BCUT2D eigenvalue weighted by Gasteiger charge is -2.27. The number of thiophene rings is 1. The van der Waals surface area contributed by atoms with Gasteiger partial charge in [0.2, 0.25) is 0 Å². The summed E-state index contributed by atoms with van der Waals surface area (Å²) in [5, 5.41) is 4.94. The summed E-state index contributed by atoms with van der Waals surface area (Å²) < 4.78 is 12.1. The predicted molar refractivity (Wildman–Crippen MR) is 154 cm³/mol. The van der Waals surface area contributed by atoms with Crippen LogP contribution >= 0.6 is 22.7 Å². The van der Waals surface area contributed by atoms with Gasteiger partial charge in [0.05, 0.1) is 17.3 Å². The van der Waals surface area contributed by atoms with Crippen LogP contribution in [0.25, 0.3) is 20.8 Å². The highest BCUT2D eigenvalue weighted by Gasteiger charge is 2.28. The number of hydrogen-bond acceptors (Lipinski definition) is 7. The summed E-state index contributed by atoms with van der Waals surface area (Å²) in [7, 11) is 1.62. The number of hydrogen-bond donors (Lipinski definition) is 1. The highest BCUT2D eigenvalue weighted by Crippen LogP contribution is 2.45. The van der Waals surface area contributed by atoms with E-state index < -0.39 is 0 Å². The first-order valence-electron chi connectivity index (χ1n) is 12.5. The fraction of sp³-hybridized carbons (Fsp3) is 0.200. The molecule has 1 aliphatic rings. The molecule has 0 fully saturated rings. The molecule has 0 radical (unpaired) electrons. The second kappa shape index (κ2) is 10.9.